The van der Waals surface area contributed by atoms with E-state index < -0.39 is 12.0 Å². The third kappa shape index (κ3) is 3.04. The predicted molar refractivity (Wildman–Crippen MR) is 95.1 cm³/mol. The van der Waals surface area contributed by atoms with Crippen LogP contribution in [0, 0.1) is 18.3 Å². The number of carbonyl (C=O) groups is 1. The van der Waals surface area contributed by atoms with Gasteiger partial charge in [-0.25, -0.2) is 8.78 Å². The zero-order valence-corrected chi connectivity index (χ0v) is 15.5. The molecule has 4 rings (SSSR count). The summed E-state index contributed by atoms with van der Waals surface area (Å²) in [5, 5.41) is 9.83. The van der Waals surface area contributed by atoms with Gasteiger partial charge in [-0.3, -0.25) is 4.79 Å². The SMILES string of the molecule is Cc1ccc(C2CCC3(C2)CN(C(=O)C2CC(C)(O)C2)C3)cc1C(F)F. The van der Waals surface area contributed by atoms with Crippen LogP contribution in [0.15, 0.2) is 18.2 Å². The molecule has 1 heterocycles. The molecular weight excluding hydrogens is 336 g/mol. The molecule has 5 heteroatoms. The highest BCUT2D eigenvalue weighted by molar-refractivity contribution is 5.81. The van der Waals surface area contributed by atoms with Crippen molar-refractivity contribution in [2.24, 2.45) is 11.3 Å². The molecule has 1 aromatic carbocycles. The second kappa shape index (κ2) is 6.01. The molecule has 1 aromatic rings. The van der Waals surface area contributed by atoms with E-state index in [-0.39, 0.29) is 22.8 Å². The first-order chi connectivity index (χ1) is 12.2. The number of rotatable bonds is 3. The molecule has 1 N–H and O–H groups in total. The average molecular weight is 363 g/mol. The van der Waals surface area contributed by atoms with Crippen molar-refractivity contribution in [1.82, 2.24) is 4.90 Å². The number of benzene rings is 1. The minimum atomic E-state index is -2.43. The van der Waals surface area contributed by atoms with Crippen molar-refractivity contribution >= 4 is 5.91 Å². The van der Waals surface area contributed by atoms with Crippen LogP contribution in [0.3, 0.4) is 0 Å². The largest absolute Gasteiger partial charge is 0.390 e. The van der Waals surface area contributed by atoms with Crippen LogP contribution >= 0.6 is 0 Å². The van der Waals surface area contributed by atoms with Gasteiger partial charge >= 0.3 is 0 Å². The van der Waals surface area contributed by atoms with Gasteiger partial charge in [-0.2, -0.15) is 0 Å². The fourth-order valence-electron chi connectivity index (χ4n) is 5.28. The zero-order chi connectivity index (χ0) is 18.7. The van der Waals surface area contributed by atoms with Crippen LogP contribution in [0.2, 0.25) is 0 Å². The van der Waals surface area contributed by atoms with E-state index in [1.54, 1.807) is 26.0 Å². The van der Waals surface area contributed by atoms with Crippen LogP contribution in [-0.4, -0.2) is 34.6 Å². The molecule has 1 saturated heterocycles. The number of alkyl halides is 2. The van der Waals surface area contributed by atoms with Gasteiger partial charge in [0.25, 0.3) is 6.43 Å². The van der Waals surface area contributed by atoms with Gasteiger partial charge in [-0.15, -0.1) is 0 Å². The van der Waals surface area contributed by atoms with Crippen molar-refractivity contribution in [2.45, 2.75) is 63.9 Å². The van der Waals surface area contributed by atoms with E-state index >= 15 is 0 Å². The zero-order valence-electron chi connectivity index (χ0n) is 15.5. The molecule has 1 spiro atoms. The Morgan fingerprint density at radius 3 is 2.58 bits per heavy atom. The molecule has 142 valence electrons. The Hall–Kier alpha value is -1.49. The van der Waals surface area contributed by atoms with Crippen molar-refractivity contribution in [1.29, 1.82) is 0 Å². The summed E-state index contributed by atoms with van der Waals surface area (Å²) in [7, 11) is 0. The van der Waals surface area contributed by atoms with Gasteiger partial charge in [0.15, 0.2) is 0 Å². The summed E-state index contributed by atoms with van der Waals surface area (Å²) in [4.78, 5) is 14.4. The van der Waals surface area contributed by atoms with Gasteiger partial charge < -0.3 is 10.0 Å². The molecule has 0 radical (unpaired) electrons. The third-order valence-electron chi connectivity index (χ3n) is 6.80. The first-order valence-corrected chi connectivity index (χ1v) is 9.58. The summed E-state index contributed by atoms with van der Waals surface area (Å²) >= 11 is 0. The van der Waals surface area contributed by atoms with Crippen molar-refractivity contribution in [3.8, 4) is 0 Å². The Kier molecular flexibility index (Phi) is 4.14. The lowest BCUT2D eigenvalue weighted by atomic mass is 9.69. The number of amides is 1. The Balaban J connectivity index is 1.37. The number of nitrogens with zero attached hydrogens (tertiary/aromatic N) is 1. The van der Waals surface area contributed by atoms with E-state index in [2.05, 4.69) is 0 Å². The van der Waals surface area contributed by atoms with Crippen molar-refractivity contribution in [2.75, 3.05) is 13.1 Å². The smallest absolute Gasteiger partial charge is 0.264 e. The van der Waals surface area contributed by atoms with Gasteiger partial charge in [0.1, 0.15) is 0 Å². The third-order valence-corrected chi connectivity index (χ3v) is 6.80. The molecule has 1 amide bonds. The molecule has 3 nitrogen and oxygen atoms in total. The Morgan fingerprint density at radius 1 is 1.27 bits per heavy atom. The lowest BCUT2D eigenvalue weighted by Gasteiger charge is -2.52. The molecule has 0 bridgehead atoms. The van der Waals surface area contributed by atoms with E-state index in [1.165, 1.54) is 0 Å². The number of carbonyl (C=O) groups excluding carboxylic acids is 1. The topological polar surface area (TPSA) is 40.5 Å². The van der Waals surface area contributed by atoms with E-state index in [4.69, 9.17) is 0 Å². The number of aryl methyl sites for hydroxylation is 1. The second-order valence-electron chi connectivity index (χ2n) is 9.15. The lowest BCUT2D eigenvalue weighted by molar-refractivity contribution is -0.161. The predicted octanol–water partition coefficient (Wildman–Crippen LogP) is 4.19. The molecule has 1 atom stereocenters. The molecule has 3 fully saturated rings. The molecule has 2 saturated carbocycles. The van der Waals surface area contributed by atoms with E-state index in [9.17, 15) is 18.7 Å². The van der Waals surface area contributed by atoms with Gasteiger partial charge in [-0.1, -0.05) is 12.1 Å². The fourth-order valence-corrected chi connectivity index (χ4v) is 5.28. The molecule has 1 unspecified atom stereocenters. The van der Waals surface area contributed by atoms with Crippen molar-refractivity contribution in [3.63, 3.8) is 0 Å². The van der Waals surface area contributed by atoms with Crippen LogP contribution in [0.5, 0.6) is 0 Å². The number of hydrogen-bond acceptors (Lipinski definition) is 2. The highest BCUT2D eigenvalue weighted by Gasteiger charge is 2.53. The molecule has 26 heavy (non-hydrogen) atoms. The van der Waals surface area contributed by atoms with Crippen molar-refractivity contribution < 1.29 is 18.7 Å². The van der Waals surface area contributed by atoms with Crippen LogP contribution in [-0.2, 0) is 4.79 Å². The maximum absolute atomic E-state index is 13.2. The van der Waals surface area contributed by atoms with Gasteiger partial charge in [0, 0.05) is 30.0 Å². The van der Waals surface area contributed by atoms with Crippen molar-refractivity contribution in [3.05, 3.63) is 34.9 Å². The summed E-state index contributed by atoms with van der Waals surface area (Å²) in [5.41, 5.74) is 1.30. The monoisotopic (exact) mass is 363 g/mol. The normalized spacial score (nSPS) is 32.6. The highest BCUT2D eigenvalue weighted by Crippen LogP contribution is 2.53. The highest BCUT2D eigenvalue weighted by atomic mass is 19.3. The first kappa shape index (κ1) is 17.9. The lowest BCUT2D eigenvalue weighted by Crippen LogP contribution is -2.61. The second-order valence-corrected chi connectivity index (χ2v) is 9.15. The summed E-state index contributed by atoms with van der Waals surface area (Å²) in [5.74, 6) is 0.473. The Morgan fingerprint density at radius 2 is 1.96 bits per heavy atom. The van der Waals surface area contributed by atoms with Gasteiger partial charge in [0.05, 0.1) is 5.60 Å². The van der Waals surface area contributed by atoms with E-state index in [1.807, 2.05) is 11.0 Å². The molecule has 3 aliphatic rings. The van der Waals surface area contributed by atoms with Gasteiger partial charge in [-0.05, 0) is 69.1 Å². The van der Waals surface area contributed by atoms with Crippen LogP contribution in [0.1, 0.15) is 68.1 Å². The maximum atomic E-state index is 13.2. The minimum absolute atomic E-state index is 0.0229. The van der Waals surface area contributed by atoms with Crippen LogP contribution < -0.4 is 0 Å². The van der Waals surface area contributed by atoms with E-state index in [0.29, 0.717) is 24.3 Å². The Bertz CT molecular complexity index is 717. The van der Waals surface area contributed by atoms with Crippen LogP contribution in [0.4, 0.5) is 8.78 Å². The van der Waals surface area contributed by atoms with Gasteiger partial charge in [0.2, 0.25) is 5.91 Å². The minimum Gasteiger partial charge on any atom is -0.390 e. The average Bonchev–Trinajstić information content (AvgIpc) is 2.96. The molecule has 2 aliphatic carbocycles. The summed E-state index contributed by atoms with van der Waals surface area (Å²) < 4.78 is 26.3. The maximum Gasteiger partial charge on any atom is 0.264 e. The summed E-state index contributed by atoms with van der Waals surface area (Å²) in [6, 6.07) is 5.48. The molecule has 0 aromatic heterocycles. The number of hydrogen-bond donors (Lipinski definition) is 1. The molecule has 1 aliphatic heterocycles. The number of likely N-dealkylation sites (tertiary alicyclic amines) is 1. The number of aliphatic hydroxyl groups is 1. The quantitative estimate of drug-likeness (QED) is 0.875. The first-order valence-electron chi connectivity index (χ1n) is 9.58. The number of halogens is 2. The van der Waals surface area contributed by atoms with Crippen LogP contribution in [0.25, 0.3) is 0 Å². The fraction of sp³-hybridized carbons (Fsp3) is 0.667. The molecular formula is C21H27F2NO2. The summed E-state index contributed by atoms with van der Waals surface area (Å²) in [6.07, 6.45) is 1.75. The van der Waals surface area contributed by atoms with E-state index in [0.717, 1.165) is 37.9 Å². The standard InChI is InChI=1S/C21H27F2NO2/c1-13-3-4-14(7-17(13)18(22)23)15-5-6-21(10-15)11-24(12-21)19(25)16-8-20(2,26)9-16/h3-4,7,15-16,18,26H,5-6,8-12H2,1-2H3. The summed E-state index contributed by atoms with van der Waals surface area (Å²) in [6.45, 7) is 5.09. The Labute approximate surface area is 153 Å².